The van der Waals surface area contributed by atoms with Crippen molar-refractivity contribution >= 4 is 49.8 Å². The number of nitrogens with zero attached hydrogens (tertiary/aromatic N) is 1. The number of benzene rings is 9. The quantitative estimate of drug-likeness (QED) is 0.182. The number of para-hydroxylation sites is 2. The topological polar surface area (TPSA) is 16.4 Å². The van der Waals surface area contributed by atoms with Crippen molar-refractivity contribution < 1.29 is 4.42 Å². The van der Waals surface area contributed by atoms with Crippen molar-refractivity contribution in [2.45, 2.75) is 5.41 Å². The Hall–Kier alpha value is -7.16. The van der Waals surface area contributed by atoms with E-state index in [0.717, 1.165) is 50.1 Å². The third-order valence-electron chi connectivity index (χ3n) is 12.1. The van der Waals surface area contributed by atoms with Crippen molar-refractivity contribution in [2.24, 2.45) is 0 Å². The summed E-state index contributed by atoms with van der Waals surface area (Å²) in [5.41, 5.74) is 17.5. The summed E-state index contributed by atoms with van der Waals surface area (Å²) in [5.74, 6) is 0. The fraction of sp³-hybridized carbons (Fsp3) is 0.0189. The van der Waals surface area contributed by atoms with Crippen LogP contribution in [-0.2, 0) is 5.41 Å². The lowest BCUT2D eigenvalue weighted by atomic mass is 9.70. The maximum absolute atomic E-state index is 6.45. The van der Waals surface area contributed by atoms with Gasteiger partial charge in [-0.25, -0.2) is 0 Å². The SMILES string of the molecule is c1ccc2c(c1)-c1ccccc1C21c2ccccc2-c2ccc(N(c3ccc(-c4cccc5c4oc4ccccc45)cc3)c3ccc4ccccc4c3)cc21. The molecule has 2 heteroatoms. The second-order valence-electron chi connectivity index (χ2n) is 14.8. The molecule has 55 heavy (non-hydrogen) atoms. The van der Waals surface area contributed by atoms with Gasteiger partial charge in [0.25, 0.3) is 0 Å². The first-order valence-corrected chi connectivity index (χ1v) is 19.0. The van der Waals surface area contributed by atoms with E-state index in [9.17, 15) is 0 Å². The number of rotatable bonds is 4. The van der Waals surface area contributed by atoms with Crippen molar-refractivity contribution in [3.8, 4) is 33.4 Å². The highest BCUT2D eigenvalue weighted by Gasteiger charge is 2.51. The summed E-state index contributed by atoms with van der Waals surface area (Å²) in [5, 5.41) is 4.71. The predicted molar refractivity (Wildman–Crippen MR) is 228 cm³/mol. The lowest BCUT2D eigenvalue weighted by Gasteiger charge is -2.32. The largest absolute Gasteiger partial charge is 0.455 e. The molecule has 0 radical (unpaired) electrons. The van der Waals surface area contributed by atoms with Crippen molar-refractivity contribution in [1.82, 2.24) is 0 Å². The number of hydrogen-bond donors (Lipinski definition) is 0. The standard InChI is InChI=1S/C53H33NO/c1-2-13-36-32-38(29-24-34(36)12-1)54(37-27-25-35(26-28-37)40-18-11-19-46-45-17-6-10-23-51(45)55-52(40)46)39-30-31-44-43-16-5-9-22-49(43)53(50(44)33-39)47-20-7-3-14-41(47)42-15-4-8-21-48(42)53/h1-33H. The van der Waals surface area contributed by atoms with Crippen LogP contribution in [0.1, 0.15) is 22.3 Å². The number of furan rings is 1. The van der Waals surface area contributed by atoms with Crippen molar-refractivity contribution in [1.29, 1.82) is 0 Å². The molecule has 0 saturated heterocycles. The minimum atomic E-state index is -0.417. The summed E-state index contributed by atoms with van der Waals surface area (Å²) in [6.07, 6.45) is 0. The van der Waals surface area contributed by atoms with Crippen LogP contribution in [0, 0.1) is 0 Å². The summed E-state index contributed by atoms with van der Waals surface area (Å²) in [6, 6.07) is 73.3. The molecule has 10 aromatic rings. The van der Waals surface area contributed by atoms with Crippen LogP contribution in [0.25, 0.3) is 66.1 Å². The molecule has 9 aromatic carbocycles. The first kappa shape index (κ1) is 30.3. The zero-order valence-corrected chi connectivity index (χ0v) is 29.9. The maximum Gasteiger partial charge on any atom is 0.143 e. The Morgan fingerprint density at radius 3 is 1.60 bits per heavy atom. The maximum atomic E-state index is 6.45. The monoisotopic (exact) mass is 699 g/mol. The fourth-order valence-electron chi connectivity index (χ4n) is 9.75. The van der Waals surface area contributed by atoms with Crippen molar-refractivity contribution in [2.75, 3.05) is 4.90 Å². The van der Waals surface area contributed by atoms with Gasteiger partial charge in [-0.05, 0) is 103 Å². The molecule has 2 aliphatic carbocycles. The van der Waals surface area contributed by atoms with Gasteiger partial charge in [0.1, 0.15) is 11.2 Å². The highest BCUT2D eigenvalue weighted by Crippen LogP contribution is 2.63. The lowest BCUT2D eigenvalue weighted by Crippen LogP contribution is -2.26. The number of fused-ring (bicyclic) bond motifs is 14. The molecule has 0 amide bonds. The number of anilines is 3. The Morgan fingerprint density at radius 2 is 0.873 bits per heavy atom. The smallest absolute Gasteiger partial charge is 0.143 e. The predicted octanol–water partition coefficient (Wildman–Crippen LogP) is 14.2. The van der Waals surface area contributed by atoms with Gasteiger partial charge in [-0.3, -0.25) is 0 Å². The van der Waals surface area contributed by atoms with Gasteiger partial charge in [0.05, 0.1) is 5.41 Å². The summed E-state index contributed by atoms with van der Waals surface area (Å²) in [6.45, 7) is 0. The molecule has 0 bridgehead atoms. The molecule has 12 rings (SSSR count). The summed E-state index contributed by atoms with van der Waals surface area (Å²) >= 11 is 0. The molecular weight excluding hydrogens is 667 g/mol. The van der Waals surface area contributed by atoms with Crippen LogP contribution in [0.4, 0.5) is 17.1 Å². The minimum Gasteiger partial charge on any atom is -0.455 e. The molecular formula is C53H33NO. The first-order chi connectivity index (χ1) is 27.3. The van der Waals surface area contributed by atoms with Crippen molar-refractivity contribution in [3.05, 3.63) is 222 Å². The molecule has 0 saturated carbocycles. The molecule has 2 aliphatic rings. The summed E-state index contributed by atoms with van der Waals surface area (Å²) in [4.78, 5) is 2.42. The van der Waals surface area contributed by atoms with E-state index in [2.05, 4.69) is 193 Å². The Morgan fingerprint density at radius 1 is 0.345 bits per heavy atom. The summed E-state index contributed by atoms with van der Waals surface area (Å²) in [7, 11) is 0. The zero-order chi connectivity index (χ0) is 36.1. The van der Waals surface area contributed by atoms with Gasteiger partial charge in [0, 0.05) is 33.4 Å². The second-order valence-corrected chi connectivity index (χ2v) is 14.8. The summed E-state index contributed by atoms with van der Waals surface area (Å²) < 4.78 is 6.45. The highest BCUT2D eigenvalue weighted by atomic mass is 16.3. The van der Waals surface area contributed by atoms with Gasteiger partial charge in [-0.1, -0.05) is 158 Å². The molecule has 1 aromatic heterocycles. The zero-order valence-electron chi connectivity index (χ0n) is 29.9. The van der Waals surface area contributed by atoms with E-state index < -0.39 is 5.41 Å². The van der Waals surface area contributed by atoms with Gasteiger partial charge < -0.3 is 9.32 Å². The van der Waals surface area contributed by atoms with Gasteiger partial charge in [-0.15, -0.1) is 0 Å². The molecule has 0 N–H and O–H groups in total. The van der Waals surface area contributed by atoms with Gasteiger partial charge in [0.2, 0.25) is 0 Å². The van der Waals surface area contributed by atoms with Crippen LogP contribution in [0.3, 0.4) is 0 Å². The van der Waals surface area contributed by atoms with E-state index in [4.69, 9.17) is 4.42 Å². The van der Waals surface area contributed by atoms with Gasteiger partial charge in [-0.2, -0.15) is 0 Å². The third kappa shape index (κ3) is 4.19. The van der Waals surface area contributed by atoms with Crippen LogP contribution >= 0.6 is 0 Å². The second kappa shape index (κ2) is 11.4. The average Bonchev–Trinajstić information content (AvgIpc) is 3.88. The van der Waals surface area contributed by atoms with E-state index >= 15 is 0 Å². The molecule has 2 nitrogen and oxygen atoms in total. The molecule has 256 valence electrons. The Balaban J connectivity index is 1.07. The van der Waals surface area contributed by atoms with Crippen LogP contribution in [0.5, 0.6) is 0 Å². The molecule has 1 spiro atoms. The Kier molecular flexibility index (Phi) is 6.29. The molecule has 1 heterocycles. The molecule has 0 unspecified atom stereocenters. The third-order valence-corrected chi connectivity index (χ3v) is 12.1. The Bertz CT molecular complexity index is 3100. The van der Waals surface area contributed by atoms with E-state index in [1.807, 2.05) is 12.1 Å². The van der Waals surface area contributed by atoms with Crippen LogP contribution in [-0.4, -0.2) is 0 Å². The normalized spacial score (nSPS) is 13.2. The molecule has 0 fully saturated rings. The van der Waals surface area contributed by atoms with Crippen LogP contribution in [0.15, 0.2) is 205 Å². The average molecular weight is 700 g/mol. The van der Waals surface area contributed by atoms with Gasteiger partial charge in [0.15, 0.2) is 0 Å². The molecule has 0 aliphatic heterocycles. The lowest BCUT2D eigenvalue weighted by molar-refractivity contribution is 0.670. The minimum absolute atomic E-state index is 0.417. The van der Waals surface area contributed by atoms with Crippen molar-refractivity contribution in [3.63, 3.8) is 0 Å². The van der Waals surface area contributed by atoms with E-state index in [1.54, 1.807) is 0 Å². The highest BCUT2D eigenvalue weighted by molar-refractivity contribution is 6.09. The Labute approximate surface area is 319 Å². The van der Waals surface area contributed by atoms with Gasteiger partial charge >= 0.3 is 0 Å². The van der Waals surface area contributed by atoms with Crippen LogP contribution < -0.4 is 4.90 Å². The van der Waals surface area contributed by atoms with E-state index in [-0.39, 0.29) is 0 Å². The van der Waals surface area contributed by atoms with E-state index in [1.165, 1.54) is 55.3 Å². The van der Waals surface area contributed by atoms with E-state index in [0.29, 0.717) is 0 Å². The number of hydrogen-bond acceptors (Lipinski definition) is 2. The fourth-order valence-corrected chi connectivity index (χ4v) is 9.75. The first-order valence-electron chi connectivity index (χ1n) is 19.0. The van der Waals surface area contributed by atoms with Crippen LogP contribution in [0.2, 0.25) is 0 Å². The molecule has 0 atom stereocenters.